The zero-order chi connectivity index (χ0) is 16.9. The minimum atomic E-state index is -3.51. The Hall–Kier alpha value is -1.82. The number of hydrogen-bond donors (Lipinski definition) is 1. The minimum absolute atomic E-state index is 0.199. The van der Waals surface area contributed by atoms with E-state index < -0.39 is 10.0 Å². The van der Waals surface area contributed by atoms with Gasteiger partial charge in [-0.2, -0.15) is 0 Å². The highest BCUT2D eigenvalue weighted by Crippen LogP contribution is 2.18. The lowest BCUT2D eigenvalue weighted by Gasteiger charge is -2.22. The molecule has 0 bridgehead atoms. The fourth-order valence-electron chi connectivity index (χ4n) is 2.57. The second-order valence-electron chi connectivity index (χ2n) is 5.99. The van der Waals surface area contributed by atoms with Gasteiger partial charge in [-0.25, -0.2) is 8.42 Å². The van der Waals surface area contributed by atoms with Gasteiger partial charge in [-0.05, 0) is 44.7 Å². The molecule has 0 aliphatic heterocycles. The molecule has 1 aromatic carbocycles. The molecule has 6 heteroatoms. The highest BCUT2D eigenvalue weighted by Gasteiger charge is 2.20. The zero-order valence-corrected chi connectivity index (χ0v) is 14.5. The number of nitrogens with one attached hydrogen (secondary N) is 1. The van der Waals surface area contributed by atoms with Crippen molar-refractivity contribution in [3.8, 4) is 0 Å². The number of anilines is 1. The summed E-state index contributed by atoms with van der Waals surface area (Å²) in [7, 11) is -3.51. The van der Waals surface area contributed by atoms with Gasteiger partial charge < -0.3 is 5.32 Å². The fraction of sp³-hybridized carbons (Fsp3) is 0.471. The van der Waals surface area contributed by atoms with Crippen molar-refractivity contribution >= 4 is 21.6 Å². The van der Waals surface area contributed by atoms with Crippen molar-refractivity contribution in [1.29, 1.82) is 0 Å². The van der Waals surface area contributed by atoms with E-state index in [0.29, 0.717) is 12.2 Å². The van der Waals surface area contributed by atoms with Gasteiger partial charge in [-0.3, -0.25) is 9.10 Å². The Bertz CT molecular complexity index is 678. The molecule has 1 aromatic rings. The molecule has 0 unspecified atom stereocenters. The van der Waals surface area contributed by atoms with Gasteiger partial charge in [0.2, 0.25) is 15.9 Å². The van der Waals surface area contributed by atoms with Gasteiger partial charge in [0.1, 0.15) is 6.54 Å². The van der Waals surface area contributed by atoms with E-state index >= 15 is 0 Å². The van der Waals surface area contributed by atoms with Crippen molar-refractivity contribution in [3.63, 3.8) is 0 Å². The zero-order valence-electron chi connectivity index (χ0n) is 13.7. The maximum Gasteiger partial charge on any atom is 0.241 e. The van der Waals surface area contributed by atoms with Gasteiger partial charge >= 0.3 is 0 Å². The maximum atomic E-state index is 12.1. The lowest BCUT2D eigenvalue weighted by atomic mass is 10.00. The van der Waals surface area contributed by atoms with Crippen LogP contribution in [0.3, 0.4) is 0 Å². The molecule has 5 nitrogen and oxygen atoms in total. The Kier molecular flexibility index (Phi) is 5.82. The standard InChI is InChI=1S/C17H24N2O3S/c1-14-8-10-16(11-9-14)19(23(2,21)22)13-17(20)18-12-15-6-4-3-5-7-15/h6,8-11H,3-5,7,12-13H2,1-2H3,(H,18,20). The van der Waals surface area contributed by atoms with E-state index in [2.05, 4.69) is 11.4 Å². The molecule has 0 saturated carbocycles. The normalized spacial score (nSPS) is 15.0. The number of rotatable bonds is 6. The Morgan fingerprint density at radius 2 is 1.91 bits per heavy atom. The smallest absolute Gasteiger partial charge is 0.241 e. The van der Waals surface area contributed by atoms with Gasteiger partial charge in [-0.15, -0.1) is 0 Å². The van der Waals surface area contributed by atoms with Crippen LogP contribution in [0.2, 0.25) is 0 Å². The van der Waals surface area contributed by atoms with E-state index in [1.165, 1.54) is 12.0 Å². The number of amides is 1. The van der Waals surface area contributed by atoms with Crippen LogP contribution in [0, 0.1) is 6.92 Å². The molecule has 23 heavy (non-hydrogen) atoms. The summed E-state index contributed by atoms with van der Waals surface area (Å²) >= 11 is 0. The Morgan fingerprint density at radius 1 is 1.22 bits per heavy atom. The van der Waals surface area contributed by atoms with Crippen molar-refractivity contribution in [2.75, 3.05) is 23.7 Å². The van der Waals surface area contributed by atoms with Crippen molar-refractivity contribution in [1.82, 2.24) is 5.32 Å². The van der Waals surface area contributed by atoms with Crippen molar-refractivity contribution in [2.24, 2.45) is 0 Å². The molecule has 126 valence electrons. The molecule has 0 aromatic heterocycles. The molecule has 0 atom stereocenters. The van der Waals surface area contributed by atoms with Crippen molar-refractivity contribution in [3.05, 3.63) is 41.5 Å². The van der Waals surface area contributed by atoms with Gasteiger partial charge in [0.25, 0.3) is 0 Å². The summed E-state index contributed by atoms with van der Waals surface area (Å²) in [4.78, 5) is 12.1. The van der Waals surface area contributed by atoms with Crippen LogP contribution >= 0.6 is 0 Å². The topological polar surface area (TPSA) is 66.5 Å². The molecule has 0 heterocycles. The largest absolute Gasteiger partial charge is 0.351 e. The van der Waals surface area contributed by atoms with Gasteiger partial charge in [0, 0.05) is 6.54 Å². The van der Waals surface area contributed by atoms with Gasteiger partial charge in [0.15, 0.2) is 0 Å². The van der Waals surface area contributed by atoms with Crippen LogP contribution in [0.1, 0.15) is 31.2 Å². The average Bonchev–Trinajstić information content (AvgIpc) is 2.52. The highest BCUT2D eigenvalue weighted by molar-refractivity contribution is 7.92. The van der Waals surface area contributed by atoms with Crippen LogP contribution in [0.15, 0.2) is 35.9 Å². The Balaban J connectivity index is 2.01. The number of sulfonamides is 1. The third-order valence-electron chi connectivity index (χ3n) is 3.91. The molecule has 0 spiro atoms. The first kappa shape index (κ1) is 17.5. The Labute approximate surface area is 138 Å². The lowest BCUT2D eigenvalue weighted by Crippen LogP contribution is -2.41. The predicted octanol–water partition coefficient (Wildman–Crippen LogP) is 2.38. The quantitative estimate of drug-likeness (QED) is 0.811. The monoisotopic (exact) mass is 336 g/mol. The Morgan fingerprint density at radius 3 is 2.48 bits per heavy atom. The van der Waals surface area contributed by atoms with E-state index in [9.17, 15) is 13.2 Å². The third-order valence-corrected chi connectivity index (χ3v) is 5.05. The SMILES string of the molecule is Cc1ccc(N(CC(=O)NCC2=CCCCC2)S(C)(=O)=O)cc1. The summed E-state index contributed by atoms with van der Waals surface area (Å²) in [6.45, 7) is 2.23. The van der Waals surface area contributed by atoms with E-state index in [1.54, 1.807) is 12.1 Å². The van der Waals surface area contributed by atoms with Gasteiger partial charge in [-0.1, -0.05) is 29.3 Å². The number of aryl methyl sites for hydroxylation is 1. The van der Waals surface area contributed by atoms with Crippen molar-refractivity contribution in [2.45, 2.75) is 32.6 Å². The maximum absolute atomic E-state index is 12.1. The number of hydrogen-bond acceptors (Lipinski definition) is 3. The third kappa shape index (κ3) is 5.39. The second-order valence-corrected chi connectivity index (χ2v) is 7.90. The number of allylic oxidation sites excluding steroid dienone is 1. The molecule has 0 saturated heterocycles. The molecule has 1 aliphatic carbocycles. The van der Waals surface area contributed by atoms with Crippen LogP contribution in [-0.4, -0.2) is 33.7 Å². The second kappa shape index (κ2) is 7.64. The number of benzene rings is 1. The number of carbonyl (C=O) groups excluding carboxylic acids is 1. The highest BCUT2D eigenvalue weighted by atomic mass is 32.2. The fourth-order valence-corrected chi connectivity index (χ4v) is 3.43. The molecule has 0 radical (unpaired) electrons. The lowest BCUT2D eigenvalue weighted by molar-refractivity contribution is -0.119. The van der Waals surface area contributed by atoms with Gasteiger partial charge in [0.05, 0.1) is 11.9 Å². The van der Waals surface area contributed by atoms with E-state index in [-0.39, 0.29) is 12.5 Å². The van der Waals surface area contributed by atoms with Crippen LogP contribution in [0.4, 0.5) is 5.69 Å². The number of carbonyl (C=O) groups is 1. The molecular weight excluding hydrogens is 312 g/mol. The summed E-state index contributed by atoms with van der Waals surface area (Å²) in [5, 5.41) is 2.82. The average molecular weight is 336 g/mol. The predicted molar refractivity (Wildman–Crippen MR) is 92.9 cm³/mol. The van der Waals surface area contributed by atoms with Crippen LogP contribution < -0.4 is 9.62 Å². The molecular formula is C17H24N2O3S. The number of nitrogens with zero attached hydrogens (tertiary/aromatic N) is 1. The summed E-state index contributed by atoms with van der Waals surface area (Å²) < 4.78 is 25.1. The minimum Gasteiger partial charge on any atom is -0.351 e. The van der Waals surface area contributed by atoms with E-state index in [0.717, 1.165) is 35.4 Å². The van der Waals surface area contributed by atoms with E-state index in [4.69, 9.17) is 0 Å². The van der Waals surface area contributed by atoms with Crippen LogP contribution in [0.5, 0.6) is 0 Å². The first-order valence-electron chi connectivity index (χ1n) is 7.85. The first-order valence-corrected chi connectivity index (χ1v) is 9.70. The molecule has 1 aliphatic rings. The molecule has 0 fully saturated rings. The molecule has 2 rings (SSSR count). The molecule has 1 amide bonds. The summed E-state index contributed by atoms with van der Waals surface area (Å²) in [5.74, 6) is -0.289. The van der Waals surface area contributed by atoms with E-state index in [1.807, 2.05) is 19.1 Å². The van der Waals surface area contributed by atoms with Crippen LogP contribution in [-0.2, 0) is 14.8 Å². The summed E-state index contributed by atoms with van der Waals surface area (Å²) in [6, 6.07) is 7.09. The van der Waals surface area contributed by atoms with Crippen LogP contribution in [0.25, 0.3) is 0 Å². The summed E-state index contributed by atoms with van der Waals surface area (Å²) in [5.41, 5.74) is 2.77. The molecule has 1 N–H and O–H groups in total. The first-order chi connectivity index (χ1) is 10.9. The van der Waals surface area contributed by atoms with Crippen molar-refractivity contribution < 1.29 is 13.2 Å². The summed E-state index contributed by atoms with van der Waals surface area (Å²) in [6.07, 6.45) is 7.70.